The van der Waals surface area contributed by atoms with Gasteiger partial charge in [-0.2, -0.15) is 0 Å². The average molecular weight is 296 g/mol. The highest BCUT2D eigenvalue weighted by Crippen LogP contribution is 2.13. The van der Waals surface area contributed by atoms with Crippen LogP contribution < -0.4 is 5.32 Å². The first-order valence-electron chi connectivity index (χ1n) is 5.27. The van der Waals surface area contributed by atoms with E-state index in [1.54, 1.807) is 6.92 Å². The van der Waals surface area contributed by atoms with Crippen molar-refractivity contribution in [2.45, 2.75) is 18.9 Å². The lowest BCUT2D eigenvalue weighted by atomic mass is 10.1. The van der Waals surface area contributed by atoms with E-state index in [4.69, 9.17) is 23.2 Å². The van der Waals surface area contributed by atoms with E-state index in [-0.39, 0.29) is 23.7 Å². The number of amides is 1. The van der Waals surface area contributed by atoms with Gasteiger partial charge in [-0.3, -0.25) is 4.79 Å². The number of carbonyl (C=O) groups excluding carboxylic acids is 1. The van der Waals surface area contributed by atoms with Gasteiger partial charge in [0.2, 0.25) is 5.91 Å². The summed E-state index contributed by atoms with van der Waals surface area (Å²) in [4.78, 5) is 11.7. The molecular weight excluding hydrogens is 283 g/mol. The molecule has 0 heterocycles. The van der Waals surface area contributed by atoms with E-state index in [9.17, 15) is 13.6 Å². The summed E-state index contributed by atoms with van der Waals surface area (Å²) in [6.45, 7) is 1.67. The number of hydrogen-bond acceptors (Lipinski definition) is 1. The molecule has 18 heavy (non-hydrogen) atoms. The zero-order chi connectivity index (χ0) is 13.8. The third kappa shape index (κ3) is 3.82. The maximum Gasteiger partial charge on any atom is 0.225 e. The highest BCUT2D eigenvalue weighted by atomic mass is 35.5. The largest absolute Gasteiger partial charge is 0.348 e. The Kier molecular flexibility index (Phi) is 5.35. The first kappa shape index (κ1) is 15.2. The fourth-order valence-electron chi connectivity index (χ4n) is 1.34. The Morgan fingerprint density at radius 3 is 2.50 bits per heavy atom. The molecule has 0 aliphatic carbocycles. The van der Waals surface area contributed by atoms with E-state index in [0.717, 1.165) is 6.07 Å². The van der Waals surface area contributed by atoms with E-state index < -0.39 is 23.1 Å². The van der Waals surface area contributed by atoms with Gasteiger partial charge >= 0.3 is 0 Å². The Morgan fingerprint density at radius 2 is 1.94 bits per heavy atom. The maximum absolute atomic E-state index is 13.4. The summed E-state index contributed by atoms with van der Waals surface area (Å²) in [6.07, 6.45) is -0.257. The van der Waals surface area contributed by atoms with E-state index in [1.165, 1.54) is 12.1 Å². The molecule has 2 nitrogen and oxygen atoms in total. The van der Waals surface area contributed by atoms with Gasteiger partial charge in [0, 0.05) is 17.3 Å². The molecule has 0 radical (unpaired) electrons. The van der Waals surface area contributed by atoms with Crippen molar-refractivity contribution in [3.63, 3.8) is 0 Å². The van der Waals surface area contributed by atoms with Gasteiger partial charge in [-0.05, 0) is 13.0 Å². The Bertz CT molecular complexity index is 436. The molecule has 0 spiro atoms. The minimum absolute atomic E-state index is 0.000931. The molecule has 0 aliphatic heterocycles. The van der Waals surface area contributed by atoms with E-state index in [2.05, 4.69) is 5.32 Å². The molecule has 1 aromatic carbocycles. The van der Waals surface area contributed by atoms with Crippen LogP contribution in [0.1, 0.15) is 12.5 Å². The zero-order valence-electron chi connectivity index (χ0n) is 9.77. The molecule has 0 saturated carbocycles. The molecule has 1 rings (SSSR count). The van der Waals surface area contributed by atoms with Crippen LogP contribution in [0.2, 0.25) is 0 Å². The standard InChI is InChI=1S/C12H13Cl2F2NO/c1-12(6-13,7-14)17-10(18)5-8-3-2-4-9(15)11(8)16/h2-4H,5-7H2,1H3,(H,17,18). The van der Waals surface area contributed by atoms with Crippen LogP contribution in [0.4, 0.5) is 8.78 Å². The van der Waals surface area contributed by atoms with Crippen molar-refractivity contribution in [1.82, 2.24) is 5.32 Å². The van der Waals surface area contributed by atoms with Crippen LogP contribution in [-0.2, 0) is 11.2 Å². The predicted octanol–water partition coefficient (Wildman–Crippen LogP) is 2.86. The fourth-order valence-corrected chi connectivity index (χ4v) is 1.76. The SMILES string of the molecule is CC(CCl)(CCl)NC(=O)Cc1cccc(F)c1F. The van der Waals surface area contributed by atoms with Gasteiger partial charge in [0.25, 0.3) is 0 Å². The summed E-state index contributed by atoms with van der Waals surface area (Å²) in [7, 11) is 0. The number of benzene rings is 1. The van der Waals surface area contributed by atoms with Crippen molar-refractivity contribution in [3.8, 4) is 0 Å². The van der Waals surface area contributed by atoms with Gasteiger partial charge in [0.1, 0.15) is 0 Å². The van der Waals surface area contributed by atoms with Gasteiger partial charge < -0.3 is 5.32 Å². The predicted molar refractivity (Wildman–Crippen MR) is 68.0 cm³/mol. The molecule has 0 unspecified atom stereocenters. The minimum atomic E-state index is -1.01. The van der Waals surface area contributed by atoms with Crippen LogP contribution in [0, 0.1) is 11.6 Å². The lowest BCUT2D eigenvalue weighted by Crippen LogP contribution is -2.49. The van der Waals surface area contributed by atoms with Crippen LogP contribution in [0.15, 0.2) is 18.2 Å². The van der Waals surface area contributed by atoms with Gasteiger partial charge in [0.05, 0.1) is 12.0 Å². The highest BCUT2D eigenvalue weighted by Gasteiger charge is 2.24. The summed E-state index contributed by atoms with van der Waals surface area (Å²) in [5.41, 5.74) is -0.761. The quantitative estimate of drug-likeness (QED) is 0.832. The van der Waals surface area contributed by atoms with Crippen molar-refractivity contribution in [1.29, 1.82) is 0 Å². The van der Waals surface area contributed by atoms with Crippen molar-refractivity contribution in [2.75, 3.05) is 11.8 Å². The topological polar surface area (TPSA) is 29.1 Å². The Hall–Kier alpha value is -0.870. The molecule has 0 aliphatic rings. The second-order valence-corrected chi connectivity index (χ2v) is 4.80. The molecule has 1 N–H and O–H groups in total. The first-order valence-corrected chi connectivity index (χ1v) is 6.34. The third-order valence-corrected chi connectivity index (χ3v) is 3.59. The van der Waals surface area contributed by atoms with Crippen LogP contribution in [0.25, 0.3) is 0 Å². The first-order chi connectivity index (χ1) is 8.41. The average Bonchev–Trinajstić information content (AvgIpc) is 2.34. The monoisotopic (exact) mass is 295 g/mol. The molecule has 0 atom stereocenters. The highest BCUT2D eigenvalue weighted by molar-refractivity contribution is 6.22. The molecule has 0 bridgehead atoms. The summed E-state index contributed by atoms with van der Waals surface area (Å²) in [6, 6.07) is 3.71. The summed E-state index contributed by atoms with van der Waals surface area (Å²) in [5, 5.41) is 2.60. The van der Waals surface area contributed by atoms with Crippen LogP contribution >= 0.6 is 23.2 Å². The fraction of sp³-hybridized carbons (Fsp3) is 0.417. The molecule has 1 aromatic rings. The number of hydrogen-bond donors (Lipinski definition) is 1. The van der Waals surface area contributed by atoms with Gasteiger partial charge in [-0.25, -0.2) is 8.78 Å². The summed E-state index contributed by atoms with van der Waals surface area (Å²) < 4.78 is 26.3. The number of alkyl halides is 2. The van der Waals surface area contributed by atoms with Crippen LogP contribution in [0.5, 0.6) is 0 Å². The van der Waals surface area contributed by atoms with Gasteiger partial charge in [0.15, 0.2) is 11.6 Å². The number of rotatable bonds is 5. The van der Waals surface area contributed by atoms with Crippen molar-refractivity contribution >= 4 is 29.1 Å². The smallest absolute Gasteiger partial charge is 0.225 e. The van der Waals surface area contributed by atoms with E-state index in [1.807, 2.05) is 0 Å². The van der Waals surface area contributed by atoms with E-state index in [0.29, 0.717) is 0 Å². The maximum atomic E-state index is 13.4. The normalized spacial score (nSPS) is 11.4. The number of halogens is 4. The van der Waals surface area contributed by atoms with Gasteiger partial charge in [-0.15, -0.1) is 23.2 Å². The van der Waals surface area contributed by atoms with Crippen LogP contribution in [-0.4, -0.2) is 23.2 Å². The second-order valence-electron chi connectivity index (χ2n) is 4.27. The van der Waals surface area contributed by atoms with Gasteiger partial charge in [-0.1, -0.05) is 12.1 Å². The molecule has 1 amide bonds. The van der Waals surface area contributed by atoms with Crippen molar-refractivity contribution in [3.05, 3.63) is 35.4 Å². The van der Waals surface area contributed by atoms with Crippen molar-refractivity contribution in [2.24, 2.45) is 0 Å². The second kappa shape index (κ2) is 6.34. The number of carbonyl (C=O) groups is 1. The Labute approximate surface area is 114 Å². The third-order valence-electron chi connectivity index (χ3n) is 2.41. The Morgan fingerprint density at radius 1 is 1.33 bits per heavy atom. The van der Waals surface area contributed by atoms with Crippen LogP contribution in [0.3, 0.4) is 0 Å². The molecule has 0 saturated heterocycles. The molecule has 0 aromatic heterocycles. The summed E-state index contributed by atoms with van der Waals surface area (Å²) >= 11 is 11.4. The molecule has 0 fully saturated rings. The lowest BCUT2D eigenvalue weighted by Gasteiger charge is -2.25. The Balaban J connectivity index is 2.74. The molecule has 100 valence electrons. The summed E-state index contributed by atoms with van der Waals surface area (Å²) in [5.74, 6) is -2.17. The lowest BCUT2D eigenvalue weighted by molar-refractivity contribution is -0.121. The van der Waals surface area contributed by atoms with Crippen molar-refractivity contribution < 1.29 is 13.6 Å². The molecular formula is C12H13Cl2F2NO. The molecule has 6 heteroatoms. The van der Waals surface area contributed by atoms with E-state index >= 15 is 0 Å². The zero-order valence-corrected chi connectivity index (χ0v) is 11.3. The number of nitrogens with one attached hydrogen (secondary N) is 1. The minimum Gasteiger partial charge on any atom is -0.348 e.